The van der Waals surface area contributed by atoms with Gasteiger partial charge in [-0.05, 0) is 42.7 Å². The van der Waals surface area contributed by atoms with Crippen molar-refractivity contribution in [1.82, 2.24) is 14.2 Å². The topological polar surface area (TPSA) is 73.5 Å². The standard InChI is InChI=1S/C22H24BrN3O3S/c23-18-6-4-7-19(15-18)30(28,29)26-13-11-25(12-14-26)22(27)10-3-5-17-16-24-21-9-2-1-8-20(17)21/h1-2,4,6-9,15-16,24H,3,5,10-14H2. The van der Waals surface area contributed by atoms with E-state index in [1.54, 1.807) is 29.2 Å². The molecule has 4 rings (SSSR count). The van der Waals surface area contributed by atoms with Crippen molar-refractivity contribution in [2.24, 2.45) is 0 Å². The predicted molar refractivity (Wildman–Crippen MR) is 121 cm³/mol. The fourth-order valence-corrected chi connectivity index (χ4v) is 5.90. The van der Waals surface area contributed by atoms with Crippen LogP contribution in [0.15, 0.2) is 64.1 Å². The molecule has 1 aromatic heterocycles. The van der Waals surface area contributed by atoms with E-state index < -0.39 is 10.0 Å². The van der Waals surface area contributed by atoms with Gasteiger partial charge in [-0.1, -0.05) is 40.2 Å². The summed E-state index contributed by atoms with van der Waals surface area (Å²) >= 11 is 3.32. The number of aromatic nitrogens is 1. The van der Waals surface area contributed by atoms with Crippen molar-refractivity contribution < 1.29 is 13.2 Å². The summed E-state index contributed by atoms with van der Waals surface area (Å²) in [6, 6.07) is 14.9. The third-order valence-corrected chi connectivity index (χ3v) is 7.92. The molecule has 30 heavy (non-hydrogen) atoms. The molecule has 1 N–H and O–H groups in total. The first-order valence-electron chi connectivity index (χ1n) is 10.0. The number of benzene rings is 2. The number of amides is 1. The number of H-pyrrole nitrogens is 1. The van der Waals surface area contributed by atoms with Gasteiger partial charge in [0.25, 0.3) is 0 Å². The summed E-state index contributed by atoms with van der Waals surface area (Å²) in [6.07, 6.45) is 4.10. The molecular weight excluding hydrogens is 466 g/mol. The first kappa shape index (κ1) is 21.1. The van der Waals surface area contributed by atoms with Gasteiger partial charge in [0.15, 0.2) is 0 Å². The maximum atomic E-state index is 12.8. The minimum atomic E-state index is -3.54. The van der Waals surface area contributed by atoms with Crippen molar-refractivity contribution >= 4 is 42.8 Å². The maximum absolute atomic E-state index is 12.8. The number of piperazine rings is 1. The van der Waals surface area contributed by atoms with Gasteiger partial charge >= 0.3 is 0 Å². The lowest BCUT2D eigenvalue weighted by Crippen LogP contribution is -2.50. The quantitative estimate of drug-likeness (QED) is 0.572. The summed E-state index contributed by atoms with van der Waals surface area (Å²) in [5, 5.41) is 1.20. The van der Waals surface area contributed by atoms with Crippen LogP contribution in [0.1, 0.15) is 18.4 Å². The number of aryl methyl sites for hydroxylation is 1. The Morgan fingerprint density at radius 3 is 2.57 bits per heavy atom. The predicted octanol–water partition coefficient (Wildman–Crippen LogP) is 3.79. The highest BCUT2D eigenvalue weighted by Gasteiger charge is 2.30. The Bertz CT molecular complexity index is 1150. The number of carbonyl (C=O) groups excluding carboxylic acids is 1. The van der Waals surface area contributed by atoms with E-state index in [0.29, 0.717) is 32.6 Å². The highest BCUT2D eigenvalue weighted by Crippen LogP contribution is 2.22. The van der Waals surface area contributed by atoms with E-state index in [4.69, 9.17) is 0 Å². The van der Waals surface area contributed by atoms with Crippen LogP contribution in [0.2, 0.25) is 0 Å². The average molecular weight is 490 g/mol. The Morgan fingerprint density at radius 2 is 1.80 bits per heavy atom. The third kappa shape index (κ3) is 4.45. The van der Waals surface area contributed by atoms with Gasteiger partial charge in [0.1, 0.15) is 0 Å². The molecule has 0 unspecified atom stereocenters. The number of sulfonamides is 1. The van der Waals surface area contributed by atoms with Crippen molar-refractivity contribution in [1.29, 1.82) is 0 Å². The summed E-state index contributed by atoms with van der Waals surface area (Å²) in [7, 11) is -3.54. The molecule has 1 fully saturated rings. The molecule has 1 amide bonds. The molecule has 1 aliphatic heterocycles. The largest absolute Gasteiger partial charge is 0.361 e. The Labute approximate surface area is 185 Å². The van der Waals surface area contributed by atoms with Gasteiger partial charge in [0, 0.05) is 54.2 Å². The monoisotopic (exact) mass is 489 g/mol. The molecule has 0 radical (unpaired) electrons. The van der Waals surface area contributed by atoms with Crippen LogP contribution in [0.3, 0.4) is 0 Å². The van der Waals surface area contributed by atoms with Crippen LogP contribution >= 0.6 is 15.9 Å². The Hall–Kier alpha value is -2.16. The Balaban J connectivity index is 1.29. The van der Waals surface area contributed by atoms with Gasteiger partial charge in [-0.25, -0.2) is 8.42 Å². The second-order valence-corrected chi connectivity index (χ2v) is 10.3. The van der Waals surface area contributed by atoms with Gasteiger partial charge in [0.2, 0.25) is 15.9 Å². The van der Waals surface area contributed by atoms with E-state index in [1.807, 2.05) is 24.4 Å². The van der Waals surface area contributed by atoms with Crippen LogP contribution in [0.5, 0.6) is 0 Å². The normalized spacial score (nSPS) is 15.6. The molecule has 0 spiro atoms. The van der Waals surface area contributed by atoms with E-state index in [-0.39, 0.29) is 10.8 Å². The summed E-state index contributed by atoms with van der Waals surface area (Å²) in [5.41, 5.74) is 2.34. The van der Waals surface area contributed by atoms with E-state index in [9.17, 15) is 13.2 Å². The second-order valence-electron chi connectivity index (χ2n) is 7.46. The van der Waals surface area contributed by atoms with E-state index in [0.717, 1.165) is 22.8 Å². The highest BCUT2D eigenvalue weighted by atomic mass is 79.9. The summed E-state index contributed by atoms with van der Waals surface area (Å²) < 4.78 is 27.8. The Kier molecular flexibility index (Phi) is 6.26. The fourth-order valence-electron chi connectivity index (χ4n) is 3.88. The third-order valence-electron chi connectivity index (χ3n) is 5.54. The zero-order chi connectivity index (χ0) is 21.1. The number of halogens is 1. The van der Waals surface area contributed by atoms with Gasteiger partial charge in [-0.2, -0.15) is 4.31 Å². The number of aromatic amines is 1. The van der Waals surface area contributed by atoms with Crippen molar-refractivity contribution in [3.8, 4) is 0 Å². The molecule has 8 heteroatoms. The van der Waals surface area contributed by atoms with Crippen LogP contribution in [0.25, 0.3) is 10.9 Å². The van der Waals surface area contributed by atoms with E-state index in [1.165, 1.54) is 15.3 Å². The number of fused-ring (bicyclic) bond motifs is 1. The van der Waals surface area contributed by atoms with E-state index in [2.05, 4.69) is 27.0 Å². The van der Waals surface area contributed by atoms with Crippen molar-refractivity contribution in [2.75, 3.05) is 26.2 Å². The molecule has 0 atom stereocenters. The highest BCUT2D eigenvalue weighted by molar-refractivity contribution is 9.10. The molecule has 0 bridgehead atoms. The minimum absolute atomic E-state index is 0.0920. The van der Waals surface area contributed by atoms with Crippen molar-refractivity contribution in [3.05, 3.63) is 64.8 Å². The molecule has 0 saturated carbocycles. The summed E-state index contributed by atoms with van der Waals surface area (Å²) in [5.74, 6) is 0.0920. The smallest absolute Gasteiger partial charge is 0.243 e. The van der Waals surface area contributed by atoms with Gasteiger partial charge in [-0.3, -0.25) is 4.79 Å². The number of para-hydroxylation sites is 1. The molecule has 6 nitrogen and oxygen atoms in total. The number of carbonyl (C=O) groups is 1. The Morgan fingerprint density at radius 1 is 1.03 bits per heavy atom. The molecule has 1 aliphatic rings. The maximum Gasteiger partial charge on any atom is 0.243 e. The lowest BCUT2D eigenvalue weighted by molar-refractivity contribution is -0.132. The minimum Gasteiger partial charge on any atom is -0.361 e. The number of rotatable bonds is 6. The van der Waals surface area contributed by atoms with Crippen molar-refractivity contribution in [3.63, 3.8) is 0 Å². The van der Waals surface area contributed by atoms with Crippen molar-refractivity contribution in [2.45, 2.75) is 24.2 Å². The lowest BCUT2D eigenvalue weighted by atomic mass is 10.1. The first-order valence-corrected chi connectivity index (χ1v) is 12.3. The van der Waals surface area contributed by atoms with Crippen LogP contribution < -0.4 is 0 Å². The van der Waals surface area contributed by atoms with Crippen LogP contribution in [-0.2, 0) is 21.2 Å². The van der Waals surface area contributed by atoms with Crippen LogP contribution in [0.4, 0.5) is 0 Å². The zero-order valence-electron chi connectivity index (χ0n) is 16.6. The number of hydrogen-bond donors (Lipinski definition) is 1. The summed E-state index contributed by atoms with van der Waals surface area (Å²) in [6.45, 7) is 1.50. The molecule has 3 aromatic rings. The lowest BCUT2D eigenvalue weighted by Gasteiger charge is -2.34. The second kappa shape index (κ2) is 8.91. The molecular formula is C22H24BrN3O3S. The zero-order valence-corrected chi connectivity index (χ0v) is 19.0. The summed E-state index contributed by atoms with van der Waals surface area (Å²) in [4.78, 5) is 17.9. The molecule has 0 aliphatic carbocycles. The molecule has 2 aromatic carbocycles. The van der Waals surface area contributed by atoms with E-state index >= 15 is 0 Å². The fraction of sp³-hybridized carbons (Fsp3) is 0.318. The molecule has 1 saturated heterocycles. The van der Waals surface area contributed by atoms with Crippen LogP contribution in [-0.4, -0.2) is 54.7 Å². The molecule has 2 heterocycles. The number of nitrogens with zero attached hydrogens (tertiary/aromatic N) is 2. The van der Waals surface area contributed by atoms with Crippen LogP contribution in [0, 0.1) is 0 Å². The number of hydrogen-bond acceptors (Lipinski definition) is 3. The SMILES string of the molecule is O=C(CCCc1c[nH]c2ccccc12)N1CCN(S(=O)(=O)c2cccc(Br)c2)CC1. The number of nitrogens with one attached hydrogen (secondary N) is 1. The first-order chi connectivity index (χ1) is 14.4. The molecule has 158 valence electrons. The van der Waals surface area contributed by atoms with Gasteiger partial charge in [-0.15, -0.1) is 0 Å². The van der Waals surface area contributed by atoms with Gasteiger partial charge < -0.3 is 9.88 Å². The van der Waals surface area contributed by atoms with Gasteiger partial charge in [0.05, 0.1) is 4.90 Å². The average Bonchev–Trinajstić information content (AvgIpc) is 3.17.